The number of benzene rings is 1. The first-order chi connectivity index (χ1) is 8.68. The Hall–Kier alpha value is -1.75. The summed E-state index contributed by atoms with van der Waals surface area (Å²) in [5.74, 6) is 0. The molecule has 0 saturated carbocycles. The molecular weight excluding hydrogens is 228 g/mol. The van der Waals surface area contributed by atoms with Gasteiger partial charge in [0.2, 0.25) is 0 Å². The van der Waals surface area contributed by atoms with Gasteiger partial charge in [0, 0.05) is 40.3 Å². The van der Waals surface area contributed by atoms with E-state index in [0.717, 1.165) is 37.6 Å². The summed E-state index contributed by atoms with van der Waals surface area (Å²) in [6.07, 6.45) is 0. The number of carbonyl (C=O) groups excluding carboxylic acids is 1. The van der Waals surface area contributed by atoms with Crippen molar-refractivity contribution in [3.63, 3.8) is 0 Å². The van der Waals surface area contributed by atoms with Crippen molar-refractivity contribution in [3.05, 3.63) is 24.3 Å². The lowest BCUT2D eigenvalue weighted by Crippen LogP contribution is -2.44. The molecule has 1 saturated heterocycles. The second-order valence-corrected chi connectivity index (χ2v) is 4.58. The van der Waals surface area contributed by atoms with Gasteiger partial charge in [-0.15, -0.1) is 0 Å². The summed E-state index contributed by atoms with van der Waals surface area (Å²) in [6.45, 7) is 3.90. The molecule has 0 aromatic heterocycles. The Morgan fingerprint density at radius 2 is 1.94 bits per heavy atom. The molecule has 18 heavy (non-hydrogen) atoms. The molecule has 1 aromatic rings. The van der Waals surface area contributed by atoms with Crippen molar-refractivity contribution >= 4 is 17.4 Å². The predicted molar refractivity (Wildman–Crippen MR) is 74.2 cm³/mol. The van der Waals surface area contributed by atoms with E-state index in [1.165, 1.54) is 4.90 Å². The van der Waals surface area contributed by atoms with Crippen molar-refractivity contribution in [1.29, 1.82) is 0 Å². The van der Waals surface area contributed by atoms with Gasteiger partial charge in [-0.05, 0) is 12.1 Å². The predicted octanol–water partition coefficient (Wildman–Crippen LogP) is 1.19. The molecule has 2 rings (SSSR count). The average Bonchev–Trinajstić information content (AvgIpc) is 2.40. The fourth-order valence-corrected chi connectivity index (χ4v) is 1.99. The highest BCUT2D eigenvalue weighted by Crippen LogP contribution is 2.25. The lowest BCUT2D eigenvalue weighted by atomic mass is 10.2. The zero-order valence-electron chi connectivity index (χ0n) is 10.9. The summed E-state index contributed by atoms with van der Waals surface area (Å²) in [5.41, 5.74) is 1.97. The molecule has 1 heterocycles. The second kappa shape index (κ2) is 5.73. The molecule has 1 aromatic carbocycles. The summed E-state index contributed by atoms with van der Waals surface area (Å²) in [5, 5.41) is 6.26. The molecule has 1 fully saturated rings. The number of para-hydroxylation sites is 2. The molecule has 0 unspecified atom stereocenters. The lowest BCUT2D eigenvalue weighted by molar-refractivity contribution is 0.230. The standard InChI is InChI=1S/C13H20N4O/c1-16(2)13(18)15-11-5-3-4-6-12(11)17-9-7-14-8-10-17/h3-6,14H,7-10H2,1-2H3,(H,15,18). The van der Waals surface area contributed by atoms with Crippen LogP contribution in [0.15, 0.2) is 24.3 Å². The first-order valence-electron chi connectivity index (χ1n) is 6.21. The monoisotopic (exact) mass is 248 g/mol. The van der Waals surface area contributed by atoms with Crippen LogP contribution >= 0.6 is 0 Å². The molecule has 0 aliphatic carbocycles. The maximum atomic E-state index is 11.7. The number of amides is 2. The first kappa shape index (κ1) is 12.7. The van der Waals surface area contributed by atoms with Crippen LogP contribution in [0.3, 0.4) is 0 Å². The third-order valence-electron chi connectivity index (χ3n) is 3.01. The number of anilines is 2. The normalized spacial score (nSPS) is 15.3. The van der Waals surface area contributed by atoms with Gasteiger partial charge < -0.3 is 20.4 Å². The molecular formula is C13H20N4O. The van der Waals surface area contributed by atoms with Gasteiger partial charge in [-0.1, -0.05) is 12.1 Å². The third-order valence-corrected chi connectivity index (χ3v) is 3.01. The Labute approximate surface area is 108 Å². The number of nitrogens with one attached hydrogen (secondary N) is 2. The minimum absolute atomic E-state index is 0.0995. The number of nitrogens with zero attached hydrogens (tertiary/aromatic N) is 2. The van der Waals surface area contributed by atoms with Crippen LogP contribution in [0.25, 0.3) is 0 Å². The van der Waals surface area contributed by atoms with Gasteiger partial charge in [-0.25, -0.2) is 4.79 Å². The van der Waals surface area contributed by atoms with Crippen LogP contribution in [-0.4, -0.2) is 51.2 Å². The van der Waals surface area contributed by atoms with E-state index in [1.54, 1.807) is 14.1 Å². The maximum absolute atomic E-state index is 11.7. The molecule has 5 nitrogen and oxygen atoms in total. The highest BCUT2D eigenvalue weighted by atomic mass is 16.2. The van der Waals surface area contributed by atoms with Crippen molar-refractivity contribution in [2.24, 2.45) is 0 Å². The fraction of sp³-hybridized carbons (Fsp3) is 0.462. The van der Waals surface area contributed by atoms with Crippen molar-refractivity contribution in [2.75, 3.05) is 50.5 Å². The van der Waals surface area contributed by atoms with Crippen LogP contribution in [0.4, 0.5) is 16.2 Å². The van der Waals surface area contributed by atoms with Crippen molar-refractivity contribution in [2.45, 2.75) is 0 Å². The van der Waals surface area contributed by atoms with Crippen LogP contribution in [0.5, 0.6) is 0 Å². The fourth-order valence-electron chi connectivity index (χ4n) is 1.99. The topological polar surface area (TPSA) is 47.6 Å². The quantitative estimate of drug-likeness (QED) is 0.826. The molecule has 1 aliphatic heterocycles. The largest absolute Gasteiger partial charge is 0.367 e. The molecule has 2 amide bonds. The van der Waals surface area contributed by atoms with Crippen molar-refractivity contribution in [1.82, 2.24) is 10.2 Å². The third kappa shape index (κ3) is 2.92. The van der Waals surface area contributed by atoms with Crippen LogP contribution < -0.4 is 15.5 Å². The number of carbonyl (C=O) groups is 1. The molecule has 1 aliphatic rings. The molecule has 5 heteroatoms. The maximum Gasteiger partial charge on any atom is 0.321 e. The molecule has 0 spiro atoms. The lowest BCUT2D eigenvalue weighted by Gasteiger charge is -2.31. The summed E-state index contributed by atoms with van der Waals surface area (Å²) in [6, 6.07) is 7.84. The van der Waals surface area contributed by atoms with Gasteiger partial charge in [0.05, 0.1) is 11.4 Å². The summed E-state index contributed by atoms with van der Waals surface area (Å²) >= 11 is 0. The van der Waals surface area contributed by atoms with Crippen molar-refractivity contribution in [3.8, 4) is 0 Å². The van der Waals surface area contributed by atoms with E-state index in [1.807, 2.05) is 18.2 Å². The number of hydrogen-bond donors (Lipinski definition) is 2. The van der Waals surface area contributed by atoms with Crippen LogP contribution in [-0.2, 0) is 0 Å². The Kier molecular flexibility index (Phi) is 4.04. The molecule has 0 atom stereocenters. The zero-order valence-corrected chi connectivity index (χ0v) is 10.9. The Morgan fingerprint density at radius 3 is 2.61 bits per heavy atom. The number of urea groups is 1. The summed E-state index contributed by atoms with van der Waals surface area (Å²) < 4.78 is 0. The van der Waals surface area contributed by atoms with E-state index >= 15 is 0 Å². The molecule has 0 bridgehead atoms. The average molecular weight is 248 g/mol. The summed E-state index contributed by atoms with van der Waals surface area (Å²) in [4.78, 5) is 15.6. The van der Waals surface area contributed by atoms with E-state index in [0.29, 0.717) is 0 Å². The zero-order chi connectivity index (χ0) is 13.0. The summed E-state index contributed by atoms with van der Waals surface area (Å²) in [7, 11) is 3.48. The highest BCUT2D eigenvalue weighted by molar-refractivity contribution is 5.93. The van der Waals surface area contributed by atoms with Gasteiger partial charge in [0.15, 0.2) is 0 Å². The Balaban J connectivity index is 2.16. The van der Waals surface area contributed by atoms with Gasteiger partial charge >= 0.3 is 6.03 Å². The Morgan fingerprint density at radius 1 is 1.28 bits per heavy atom. The molecule has 0 radical (unpaired) electrons. The first-order valence-corrected chi connectivity index (χ1v) is 6.21. The molecule has 98 valence electrons. The Bertz CT molecular complexity index is 413. The number of piperazine rings is 1. The van der Waals surface area contributed by atoms with E-state index in [-0.39, 0.29) is 6.03 Å². The SMILES string of the molecule is CN(C)C(=O)Nc1ccccc1N1CCNCC1. The highest BCUT2D eigenvalue weighted by Gasteiger charge is 2.15. The minimum Gasteiger partial charge on any atom is -0.367 e. The van der Waals surface area contributed by atoms with Gasteiger partial charge in [0.1, 0.15) is 0 Å². The molecule has 2 N–H and O–H groups in total. The number of rotatable bonds is 2. The van der Waals surface area contributed by atoms with Crippen LogP contribution in [0, 0.1) is 0 Å². The number of hydrogen-bond acceptors (Lipinski definition) is 3. The second-order valence-electron chi connectivity index (χ2n) is 4.58. The van der Waals surface area contributed by atoms with E-state index < -0.39 is 0 Å². The van der Waals surface area contributed by atoms with E-state index in [2.05, 4.69) is 21.6 Å². The van der Waals surface area contributed by atoms with E-state index in [4.69, 9.17) is 0 Å². The van der Waals surface area contributed by atoms with Gasteiger partial charge in [-0.3, -0.25) is 0 Å². The van der Waals surface area contributed by atoms with Gasteiger partial charge in [-0.2, -0.15) is 0 Å². The van der Waals surface area contributed by atoms with E-state index in [9.17, 15) is 4.79 Å². The van der Waals surface area contributed by atoms with Gasteiger partial charge in [0.25, 0.3) is 0 Å². The smallest absolute Gasteiger partial charge is 0.321 e. The van der Waals surface area contributed by atoms with Crippen LogP contribution in [0.1, 0.15) is 0 Å². The minimum atomic E-state index is -0.0995. The van der Waals surface area contributed by atoms with Crippen LogP contribution in [0.2, 0.25) is 0 Å². The van der Waals surface area contributed by atoms with Crippen molar-refractivity contribution < 1.29 is 4.79 Å².